The third-order valence-corrected chi connectivity index (χ3v) is 3.97. The molecule has 108 valence electrons. The summed E-state index contributed by atoms with van der Waals surface area (Å²) >= 11 is 1.43. The highest BCUT2D eigenvalue weighted by atomic mass is 32.2. The molecular formula is C15H15N3O2S. The van der Waals surface area contributed by atoms with Gasteiger partial charge in [-0.3, -0.25) is 4.79 Å². The molecule has 1 aromatic carbocycles. The van der Waals surface area contributed by atoms with Crippen LogP contribution in [0.3, 0.4) is 0 Å². The minimum atomic E-state index is -0.195. The van der Waals surface area contributed by atoms with Crippen molar-refractivity contribution < 1.29 is 5.11 Å². The summed E-state index contributed by atoms with van der Waals surface area (Å²) in [6.45, 7) is 1.70. The third kappa shape index (κ3) is 3.94. The Morgan fingerprint density at radius 1 is 1.38 bits per heavy atom. The van der Waals surface area contributed by atoms with Crippen molar-refractivity contribution in [1.82, 2.24) is 9.97 Å². The van der Waals surface area contributed by atoms with Crippen LogP contribution in [0.1, 0.15) is 22.4 Å². The Kier molecular flexibility index (Phi) is 5.14. The lowest BCUT2D eigenvalue weighted by Crippen LogP contribution is -2.18. The number of aliphatic hydroxyl groups excluding tert-OH is 1. The van der Waals surface area contributed by atoms with Gasteiger partial charge in [0.25, 0.3) is 5.56 Å². The smallest absolute Gasteiger partial charge is 0.255 e. The molecule has 0 aliphatic rings. The van der Waals surface area contributed by atoms with Gasteiger partial charge in [0.2, 0.25) is 0 Å². The van der Waals surface area contributed by atoms with Crippen molar-refractivity contribution in [3.8, 4) is 6.07 Å². The fourth-order valence-electron chi connectivity index (χ4n) is 1.89. The van der Waals surface area contributed by atoms with E-state index in [0.29, 0.717) is 34.2 Å². The molecular weight excluding hydrogens is 286 g/mol. The van der Waals surface area contributed by atoms with E-state index in [-0.39, 0.29) is 12.2 Å². The fraction of sp³-hybridized carbons (Fsp3) is 0.267. The molecule has 2 N–H and O–H groups in total. The van der Waals surface area contributed by atoms with Crippen molar-refractivity contribution in [3.05, 3.63) is 57.0 Å². The number of aryl methyl sites for hydroxylation is 1. The molecule has 21 heavy (non-hydrogen) atoms. The number of hydrogen-bond acceptors (Lipinski definition) is 5. The number of benzene rings is 1. The van der Waals surface area contributed by atoms with Crippen molar-refractivity contribution in [1.29, 1.82) is 5.26 Å². The number of aromatic amines is 1. The molecule has 0 amide bonds. The van der Waals surface area contributed by atoms with Gasteiger partial charge in [-0.15, -0.1) is 0 Å². The van der Waals surface area contributed by atoms with E-state index >= 15 is 0 Å². The standard InChI is InChI=1S/C15H15N3O2S/c1-10-13(6-7-19)14(20)18-15(17-10)21-9-12-4-2-11(8-16)3-5-12/h2-5,19H,6-7,9H2,1H3,(H,17,18,20). The Hall–Kier alpha value is -2.10. The number of nitriles is 1. The van der Waals surface area contributed by atoms with Crippen LogP contribution in [-0.2, 0) is 12.2 Å². The maximum Gasteiger partial charge on any atom is 0.255 e. The summed E-state index contributed by atoms with van der Waals surface area (Å²) in [5.74, 6) is 0.660. The maximum atomic E-state index is 11.9. The average Bonchev–Trinajstić information content (AvgIpc) is 2.49. The van der Waals surface area contributed by atoms with E-state index in [0.717, 1.165) is 5.56 Å². The van der Waals surface area contributed by atoms with Crippen molar-refractivity contribution in [3.63, 3.8) is 0 Å². The van der Waals surface area contributed by atoms with E-state index in [1.54, 1.807) is 19.1 Å². The van der Waals surface area contributed by atoms with Crippen LogP contribution in [0.15, 0.2) is 34.2 Å². The molecule has 1 aromatic heterocycles. The SMILES string of the molecule is Cc1nc(SCc2ccc(C#N)cc2)[nH]c(=O)c1CCO. The highest BCUT2D eigenvalue weighted by Crippen LogP contribution is 2.19. The molecule has 2 rings (SSSR count). The first-order chi connectivity index (χ1) is 10.1. The normalized spacial score (nSPS) is 10.3. The number of aliphatic hydroxyl groups is 1. The van der Waals surface area contributed by atoms with E-state index in [2.05, 4.69) is 16.0 Å². The minimum absolute atomic E-state index is 0.0661. The molecule has 0 spiro atoms. The number of hydrogen-bond donors (Lipinski definition) is 2. The number of H-pyrrole nitrogens is 1. The van der Waals surface area contributed by atoms with Gasteiger partial charge in [0.05, 0.1) is 11.6 Å². The second-order valence-corrected chi connectivity index (χ2v) is 5.47. The molecule has 0 saturated carbocycles. The Morgan fingerprint density at radius 2 is 2.10 bits per heavy atom. The first-order valence-electron chi connectivity index (χ1n) is 6.46. The van der Waals surface area contributed by atoms with Gasteiger partial charge in [-0.25, -0.2) is 4.98 Å². The van der Waals surface area contributed by atoms with E-state index in [1.165, 1.54) is 11.8 Å². The maximum absolute atomic E-state index is 11.9. The molecule has 0 aliphatic carbocycles. The predicted molar refractivity (Wildman–Crippen MR) is 81.1 cm³/mol. The number of nitrogens with one attached hydrogen (secondary N) is 1. The number of nitrogens with zero attached hydrogens (tertiary/aromatic N) is 2. The van der Waals surface area contributed by atoms with Gasteiger partial charge >= 0.3 is 0 Å². The molecule has 0 aliphatic heterocycles. The van der Waals surface area contributed by atoms with E-state index < -0.39 is 0 Å². The summed E-state index contributed by atoms with van der Waals surface area (Å²) < 4.78 is 0. The first kappa shape index (κ1) is 15.3. The first-order valence-corrected chi connectivity index (χ1v) is 7.45. The molecule has 0 fully saturated rings. The van der Waals surface area contributed by atoms with Crippen LogP contribution in [0.4, 0.5) is 0 Å². The molecule has 2 aromatic rings. The zero-order valence-electron chi connectivity index (χ0n) is 11.6. The Labute approximate surface area is 126 Å². The van der Waals surface area contributed by atoms with Gasteiger partial charge in [-0.2, -0.15) is 5.26 Å². The van der Waals surface area contributed by atoms with Crippen LogP contribution in [0.25, 0.3) is 0 Å². The number of rotatable bonds is 5. The highest BCUT2D eigenvalue weighted by Gasteiger charge is 2.08. The van der Waals surface area contributed by atoms with Crippen LogP contribution in [0.2, 0.25) is 0 Å². The summed E-state index contributed by atoms with van der Waals surface area (Å²) in [6, 6.07) is 9.38. The second kappa shape index (κ2) is 7.07. The fourth-order valence-corrected chi connectivity index (χ4v) is 2.75. The predicted octanol–water partition coefficient (Wildman–Crippen LogP) is 1.78. The number of aromatic nitrogens is 2. The Balaban J connectivity index is 2.09. The highest BCUT2D eigenvalue weighted by molar-refractivity contribution is 7.98. The largest absolute Gasteiger partial charge is 0.396 e. The van der Waals surface area contributed by atoms with E-state index in [4.69, 9.17) is 10.4 Å². The van der Waals surface area contributed by atoms with Crippen LogP contribution < -0.4 is 5.56 Å². The summed E-state index contributed by atoms with van der Waals surface area (Å²) in [4.78, 5) is 19.0. The van der Waals surface area contributed by atoms with Gasteiger partial charge in [-0.05, 0) is 24.6 Å². The molecule has 0 atom stereocenters. The third-order valence-electron chi connectivity index (χ3n) is 3.02. The van der Waals surface area contributed by atoms with Crippen LogP contribution in [0.5, 0.6) is 0 Å². The molecule has 0 unspecified atom stereocenters. The Morgan fingerprint density at radius 3 is 2.67 bits per heavy atom. The van der Waals surface area contributed by atoms with Gasteiger partial charge in [0.1, 0.15) is 0 Å². The molecule has 6 heteroatoms. The summed E-state index contributed by atoms with van der Waals surface area (Å²) in [6.07, 6.45) is 0.314. The van der Waals surface area contributed by atoms with Crippen molar-refractivity contribution in [2.45, 2.75) is 24.3 Å². The average molecular weight is 301 g/mol. The monoisotopic (exact) mass is 301 g/mol. The lowest BCUT2D eigenvalue weighted by atomic mass is 10.2. The topological polar surface area (TPSA) is 89.8 Å². The van der Waals surface area contributed by atoms with Crippen molar-refractivity contribution >= 4 is 11.8 Å². The molecule has 5 nitrogen and oxygen atoms in total. The number of thioether (sulfide) groups is 1. The molecule has 1 heterocycles. The minimum Gasteiger partial charge on any atom is -0.396 e. The quantitative estimate of drug-likeness (QED) is 0.649. The molecule has 0 saturated heterocycles. The zero-order chi connectivity index (χ0) is 15.2. The Bertz CT molecular complexity index is 717. The summed E-state index contributed by atoms with van der Waals surface area (Å²) in [7, 11) is 0. The van der Waals surface area contributed by atoms with Crippen molar-refractivity contribution in [2.75, 3.05) is 6.61 Å². The molecule has 0 bridgehead atoms. The van der Waals surface area contributed by atoms with Crippen LogP contribution >= 0.6 is 11.8 Å². The van der Waals surface area contributed by atoms with E-state index in [9.17, 15) is 4.79 Å². The van der Waals surface area contributed by atoms with Gasteiger partial charge in [0, 0.05) is 30.0 Å². The van der Waals surface area contributed by atoms with Crippen LogP contribution in [-0.4, -0.2) is 21.7 Å². The van der Waals surface area contributed by atoms with Gasteiger partial charge < -0.3 is 10.1 Å². The van der Waals surface area contributed by atoms with Gasteiger partial charge in [-0.1, -0.05) is 23.9 Å². The second-order valence-electron chi connectivity index (χ2n) is 4.51. The lowest BCUT2D eigenvalue weighted by molar-refractivity contribution is 0.298. The summed E-state index contributed by atoms with van der Waals surface area (Å²) in [5.41, 5.74) is 2.66. The molecule has 0 radical (unpaired) electrons. The zero-order valence-corrected chi connectivity index (χ0v) is 12.4. The van der Waals surface area contributed by atoms with Crippen molar-refractivity contribution in [2.24, 2.45) is 0 Å². The summed E-state index contributed by atoms with van der Waals surface area (Å²) in [5, 5.41) is 18.2. The lowest BCUT2D eigenvalue weighted by Gasteiger charge is -2.06. The van der Waals surface area contributed by atoms with E-state index in [1.807, 2.05) is 12.1 Å². The van der Waals surface area contributed by atoms with Crippen LogP contribution in [0, 0.1) is 18.3 Å². The van der Waals surface area contributed by atoms with Gasteiger partial charge in [0.15, 0.2) is 5.16 Å².